The molecule has 1 aromatic heterocycles. The predicted octanol–water partition coefficient (Wildman–Crippen LogP) is 2.37. The van der Waals surface area contributed by atoms with Gasteiger partial charge in [-0.3, -0.25) is 0 Å². The maximum Gasteiger partial charge on any atom is 0.240 e. The molecule has 2 aromatic rings. The van der Waals surface area contributed by atoms with E-state index in [9.17, 15) is 12.8 Å². The van der Waals surface area contributed by atoms with E-state index in [1.807, 2.05) is 16.8 Å². The Morgan fingerprint density at radius 2 is 1.88 bits per heavy atom. The average molecular weight is 271 g/mol. The second kappa shape index (κ2) is 4.95. The van der Waals surface area contributed by atoms with E-state index in [4.69, 9.17) is 0 Å². The molecule has 2 rings (SSSR count). The number of hydrogen-bond acceptors (Lipinski definition) is 3. The number of nitrogens with one attached hydrogen (secondary N) is 1. The van der Waals surface area contributed by atoms with Gasteiger partial charge in [0, 0.05) is 6.54 Å². The second-order valence-corrected chi connectivity index (χ2v) is 5.96. The van der Waals surface area contributed by atoms with Crippen LogP contribution in [0.2, 0.25) is 0 Å². The third-order valence-corrected chi connectivity index (χ3v) is 4.32. The summed E-state index contributed by atoms with van der Waals surface area (Å²) in [6, 6.07) is 6.58. The molecular weight excluding hydrogens is 261 g/mol. The summed E-state index contributed by atoms with van der Waals surface area (Å²) in [7, 11) is -3.57. The SMILES string of the molecule is O=S(=O)(NCc1ccsc1)c1ccc(F)cc1. The fourth-order valence-electron chi connectivity index (χ4n) is 1.27. The zero-order valence-corrected chi connectivity index (χ0v) is 10.4. The van der Waals surface area contributed by atoms with Gasteiger partial charge in [0.05, 0.1) is 4.90 Å². The van der Waals surface area contributed by atoms with Crippen LogP contribution in [0.1, 0.15) is 5.56 Å². The van der Waals surface area contributed by atoms with Crippen LogP contribution in [0.25, 0.3) is 0 Å². The fraction of sp³-hybridized carbons (Fsp3) is 0.0909. The van der Waals surface area contributed by atoms with Gasteiger partial charge in [0.1, 0.15) is 5.82 Å². The topological polar surface area (TPSA) is 46.2 Å². The Morgan fingerprint density at radius 3 is 2.47 bits per heavy atom. The lowest BCUT2D eigenvalue weighted by Crippen LogP contribution is -2.22. The average Bonchev–Trinajstić information content (AvgIpc) is 2.80. The quantitative estimate of drug-likeness (QED) is 0.928. The molecule has 0 bridgehead atoms. The molecule has 0 radical (unpaired) electrons. The fourth-order valence-corrected chi connectivity index (χ4v) is 2.96. The zero-order valence-electron chi connectivity index (χ0n) is 8.76. The number of halogens is 1. The van der Waals surface area contributed by atoms with Crippen LogP contribution in [0.4, 0.5) is 4.39 Å². The summed E-state index contributed by atoms with van der Waals surface area (Å²) >= 11 is 1.50. The van der Waals surface area contributed by atoms with Crippen molar-refractivity contribution < 1.29 is 12.8 Å². The Labute approximate surface area is 103 Å². The maximum atomic E-state index is 12.7. The van der Waals surface area contributed by atoms with Gasteiger partial charge in [-0.15, -0.1) is 0 Å². The van der Waals surface area contributed by atoms with Crippen LogP contribution in [0.15, 0.2) is 46.0 Å². The Bertz CT molecular complexity index is 576. The first-order valence-electron chi connectivity index (χ1n) is 4.84. The van der Waals surface area contributed by atoms with Crippen LogP contribution < -0.4 is 4.72 Å². The molecule has 6 heteroatoms. The first-order chi connectivity index (χ1) is 8.08. The van der Waals surface area contributed by atoms with Crippen molar-refractivity contribution in [2.45, 2.75) is 11.4 Å². The molecule has 1 aromatic carbocycles. The monoisotopic (exact) mass is 271 g/mol. The second-order valence-electron chi connectivity index (χ2n) is 3.41. The van der Waals surface area contributed by atoms with Crippen molar-refractivity contribution in [3.63, 3.8) is 0 Å². The minimum Gasteiger partial charge on any atom is -0.207 e. The standard InChI is InChI=1S/C11H10FNO2S2/c12-10-1-3-11(4-2-10)17(14,15)13-7-9-5-6-16-8-9/h1-6,8,13H,7H2. The summed E-state index contributed by atoms with van der Waals surface area (Å²) in [5, 5.41) is 3.74. The van der Waals surface area contributed by atoms with E-state index in [-0.39, 0.29) is 11.4 Å². The lowest BCUT2D eigenvalue weighted by molar-refractivity contribution is 0.580. The Balaban J connectivity index is 2.11. The normalized spacial score (nSPS) is 11.6. The number of sulfonamides is 1. The van der Waals surface area contributed by atoms with Gasteiger partial charge in [-0.1, -0.05) is 0 Å². The summed E-state index contributed by atoms with van der Waals surface area (Å²) in [6.45, 7) is 0.239. The first kappa shape index (κ1) is 12.2. The van der Waals surface area contributed by atoms with Crippen molar-refractivity contribution in [2.24, 2.45) is 0 Å². The summed E-state index contributed by atoms with van der Waals surface area (Å²) < 4.78 is 38.7. The Hall–Kier alpha value is -1.24. The highest BCUT2D eigenvalue weighted by Crippen LogP contribution is 2.11. The number of rotatable bonds is 4. The highest BCUT2D eigenvalue weighted by atomic mass is 32.2. The number of thiophene rings is 1. The molecule has 0 atom stereocenters. The molecular formula is C11H10FNO2S2. The van der Waals surface area contributed by atoms with Crippen molar-refractivity contribution >= 4 is 21.4 Å². The number of hydrogen-bond donors (Lipinski definition) is 1. The molecule has 0 amide bonds. The van der Waals surface area contributed by atoms with Crippen LogP contribution in [0.5, 0.6) is 0 Å². The zero-order chi connectivity index (χ0) is 12.3. The largest absolute Gasteiger partial charge is 0.240 e. The van der Waals surface area contributed by atoms with Gasteiger partial charge in [0.25, 0.3) is 0 Å². The van der Waals surface area contributed by atoms with Crippen LogP contribution in [0, 0.1) is 5.82 Å². The summed E-state index contributed by atoms with van der Waals surface area (Å²) in [5.41, 5.74) is 0.903. The molecule has 0 unspecified atom stereocenters. The third-order valence-electron chi connectivity index (χ3n) is 2.17. The lowest BCUT2D eigenvalue weighted by atomic mass is 10.3. The van der Waals surface area contributed by atoms with Crippen LogP contribution >= 0.6 is 11.3 Å². The molecule has 90 valence electrons. The van der Waals surface area contributed by atoms with Crippen molar-refractivity contribution in [3.05, 3.63) is 52.5 Å². The molecule has 1 N–H and O–H groups in total. The molecule has 1 heterocycles. The van der Waals surface area contributed by atoms with Crippen LogP contribution in [-0.2, 0) is 16.6 Å². The van der Waals surface area contributed by atoms with E-state index in [0.717, 1.165) is 17.7 Å². The van der Waals surface area contributed by atoms with Gasteiger partial charge in [0.15, 0.2) is 0 Å². The molecule has 0 aliphatic rings. The summed E-state index contributed by atoms with van der Waals surface area (Å²) in [6.07, 6.45) is 0. The van der Waals surface area contributed by atoms with E-state index >= 15 is 0 Å². The van der Waals surface area contributed by atoms with Crippen molar-refractivity contribution in [1.82, 2.24) is 4.72 Å². The number of benzene rings is 1. The minimum absolute atomic E-state index is 0.0640. The van der Waals surface area contributed by atoms with Gasteiger partial charge < -0.3 is 0 Å². The first-order valence-corrected chi connectivity index (χ1v) is 7.27. The molecule has 0 saturated carbocycles. The maximum absolute atomic E-state index is 12.7. The van der Waals surface area contributed by atoms with Gasteiger partial charge >= 0.3 is 0 Å². The van der Waals surface area contributed by atoms with Gasteiger partial charge in [-0.25, -0.2) is 17.5 Å². The molecule has 0 saturated heterocycles. The van der Waals surface area contributed by atoms with E-state index < -0.39 is 15.8 Å². The Kier molecular flexibility index (Phi) is 3.56. The summed E-state index contributed by atoms with van der Waals surface area (Å²) in [5.74, 6) is -0.457. The summed E-state index contributed by atoms with van der Waals surface area (Å²) in [4.78, 5) is 0.0640. The highest BCUT2D eigenvalue weighted by Gasteiger charge is 2.13. The van der Waals surface area contributed by atoms with Gasteiger partial charge in [0.2, 0.25) is 10.0 Å². The van der Waals surface area contributed by atoms with Gasteiger partial charge in [-0.05, 0) is 46.7 Å². The van der Waals surface area contributed by atoms with E-state index in [1.54, 1.807) is 0 Å². The van der Waals surface area contributed by atoms with Crippen LogP contribution in [-0.4, -0.2) is 8.42 Å². The van der Waals surface area contributed by atoms with E-state index in [0.29, 0.717) is 0 Å². The molecule has 0 aliphatic carbocycles. The third kappa shape index (κ3) is 3.12. The predicted molar refractivity (Wildman–Crippen MR) is 64.7 cm³/mol. The van der Waals surface area contributed by atoms with Gasteiger partial charge in [-0.2, -0.15) is 11.3 Å². The van der Waals surface area contributed by atoms with Crippen LogP contribution in [0.3, 0.4) is 0 Å². The molecule has 3 nitrogen and oxygen atoms in total. The van der Waals surface area contributed by atoms with E-state index in [2.05, 4.69) is 4.72 Å². The highest BCUT2D eigenvalue weighted by molar-refractivity contribution is 7.89. The Morgan fingerprint density at radius 1 is 1.18 bits per heavy atom. The molecule has 17 heavy (non-hydrogen) atoms. The van der Waals surface area contributed by atoms with E-state index in [1.165, 1.54) is 23.5 Å². The molecule has 0 aliphatic heterocycles. The van der Waals surface area contributed by atoms with Crippen molar-refractivity contribution in [3.8, 4) is 0 Å². The minimum atomic E-state index is -3.57. The molecule has 0 spiro atoms. The van der Waals surface area contributed by atoms with Crippen molar-refractivity contribution in [1.29, 1.82) is 0 Å². The smallest absolute Gasteiger partial charge is 0.207 e. The molecule has 0 fully saturated rings. The lowest BCUT2D eigenvalue weighted by Gasteiger charge is -2.05. The van der Waals surface area contributed by atoms with Crippen molar-refractivity contribution in [2.75, 3.05) is 0 Å².